The standard InChI is InChI=1S/C14H20F3NO2/c1-4-18(9-14(15,16)17)8-12(19)11-7-10(2)5-6-13(11)20-3/h5-7,12,19H,4,8-9H2,1-3H3. The molecule has 1 atom stereocenters. The quantitative estimate of drug-likeness (QED) is 0.874. The van der Waals surface area contributed by atoms with Gasteiger partial charge in [-0.25, -0.2) is 0 Å². The van der Waals surface area contributed by atoms with E-state index in [-0.39, 0.29) is 13.1 Å². The number of hydrogen-bond acceptors (Lipinski definition) is 3. The van der Waals surface area contributed by atoms with Gasteiger partial charge in [0.15, 0.2) is 0 Å². The van der Waals surface area contributed by atoms with Gasteiger partial charge in [-0.1, -0.05) is 18.6 Å². The third kappa shape index (κ3) is 5.02. The summed E-state index contributed by atoms with van der Waals surface area (Å²) in [5, 5.41) is 10.2. The van der Waals surface area contributed by atoms with Gasteiger partial charge in [-0.2, -0.15) is 13.2 Å². The number of benzene rings is 1. The second-order valence-corrected chi connectivity index (χ2v) is 4.70. The summed E-state index contributed by atoms with van der Waals surface area (Å²) < 4.78 is 42.4. The summed E-state index contributed by atoms with van der Waals surface area (Å²) in [7, 11) is 1.47. The average Bonchev–Trinajstić information content (AvgIpc) is 2.36. The number of ether oxygens (including phenoxy) is 1. The first-order chi connectivity index (χ1) is 9.26. The van der Waals surface area contributed by atoms with E-state index in [0.29, 0.717) is 11.3 Å². The maximum atomic E-state index is 12.4. The molecule has 0 fully saturated rings. The number of hydrogen-bond donors (Lipinski definition) is 1. The molecule has 0 heterocycles. The van der Waals surface area contributed by atoms with Crippen LogP contribution in [0.3, 0.4) is 0 Å². The van der Waals surface area contributed by atoms with Gasteiger partial charge in [0.25, 0.3) is 0 Å². The van der Waals surface area contributed by atoms with Crippen LogP contribution in [-0.2, 0) is 0 Å². The highest BCUT2D eigenvalue weighted by molar-refractivity contribution is 5.38. The van der Waals surface area contributed by atoms with Crippen molar-refractivity contribution in [3.63, 3.8) is 0 Å². The lowest BCUT2D eigenvalue weighted by Crippen LogP contribution is -2.37. The van der Waals surface area contributed by atoms with Crippen molar-refractivity contribution in [2.45, 2.75) is 26.1 Å². The highest BCUT2D eigenvalue weighted by Gasteiger charge is 2.31. The van der Waals surface area contributed by atoms with Crippen molar-refractivity contribution in [3.05, 3.63) is 29.3 Å². The van der Waals surface area contributed by atoms with Crippen LogP contribution in [0, 0.1) is 6.92 Å². The van der Waals surface area contributed by atoms with E-state index in [1.165, 1.54) is 7.11 Å². The van der Waals surface area contributed by atoms with Crippen LogP contribution in [0.4, 0.5) is 13.2 Å². The lowest BCUT2D eigenvalue weighted by molar-refractivity contribution is -0.148. The van der Waals surface area contributed by atoms with Crippen molar-refractivity contribution in [1.29, 1.82) is 0 Å². The third-order valence-electron chi connectivity index (χ3n) is 3.03. The van der Waals surface area contributed by atoms with Gasteiger partial charge in [0.05, 0.1) is 19.8 Å². The fraction of sp³-hybridized carbons (Fsp3) is 0.571. The molecule has 0 aliphatic carbocycles. The molecule has 1 rings (SSSR count). The van der Waals surface area contributed by atoms with E-state index in [9.17, 15) is 18.3 Å². The molecule has 0 amide bonds. The van der Waals surface area contributed by atoms with E-state index in [1.807, 2.05) is 13.0 Å². The summed E-state index contributed by atoms with van der Waals surface area (Å²) in [5.74, 6) is 0.478. The van der Waals surface area contributed by atoms with Gasteiger partial charge < -0.3 is 9.84 Å². The van der Waals surface area contributed by atoms with Gasteiger partial charge in [-0.05, 0) is 25.6 Å². The zero-order valence-electron chi connectivity index (χ0n) is 11.9. The zero-order chi connectivity index (χ0) is 15.3. The molecule has 0 bridgehead atoms. The number of halogens is 3. The molecule has 0 radical (unpaired) electrons. The number of aliphatic hydroxyl groups is 1. The maximum absolute atomic E-state index is 12.4. The number of aryl methyl sites for hydroxylation is 1. The minimum absolute atomic E-state index is 0.0875. The molecule has 20 heavy (non-hydrogen) atoms. The summed E-state index contributed by atoms with van der Waals surface area (Å²) in [6.07, 6.45) is -5.29. The Morgan fingerprint density at radius 3 is 2.50 bits per heavy atom. The number of rotatable bonds is 6. The normalized spacial score (nSPS) is 13.6. The van der Waals surface area contributed by atoms with E-state index >= 15 is 0 Å². The third-order valence-corrected chi connectivity index (χ3v) is 3.03. The minimum atomic E-state index is -4.27. The number of alkyl halides is 3. The number of aliphatic hydroxyl groups excluding tert-OH is 1. The molecular formula is C14H20F3NO2. The SMILES string of the molecule is CCN(CC(O)c1cc(C)ccc1OC)CC(F)(F)F. The van der Waals surface area contributed by atoms with Crippen LogP contribution < -0.4 is 4.74 Å². The summed E-state index contributed by atoms with van der Waals surface area (Å²) in [6, 6.07) is 5.25. The molecule has 114 valence electrons. The number of methoxy groups -OCH3 is 1. The van der Waals surface area contributed by atoms with Crippen molar-refractivity contribution in [1.82, 2.24) is 4.90 Å². The summed E-state index contributed by atoms with van der Waals surface area (Å²) >= 11 is 0. The van der Waals surface area contributed by atoms with E-state index in [4.69, 9.17) is 4.74 Å². The van der Waals surface area contributed by atoms with E-state index in [0.717, 1.165) is 10.5 Å². The molecule has 1 unspecified atom stereocenters. The zero-order valence-corrected chi connectivity index (χ0v) is 11.9. The lowest BCUT2D eigenvalue weighted by atomic mass is 10.0. The predicted molar refractivity (Wildman–Crippen MR) is 70.9 cm³/mol. The summed E-state index contributed by atoms with van der Waals surface area (Å²) in [6.45, 7) is 2.57. The molecule has 0 spiro atoms. The number of likely N-dealkylation sites (N-methyl/N-ethyl adjacent to an activating group) is 1. The Labute approximate surface area is 117 Å². The smallest absolute Gasteiger partial charge is 0.401 e. The Morgan fingerprint density at radius 2 is 2.00 bits per heavy atom. The maximum Gasteiger partial charge on any atom is 0.401 e. The van der Waals surface area contributed by atoms with Gasteiger partial charge in [-0.3, -0.25) is 4.90 Å². The van der Waals surface area contributed by atoms with Crippen LogP contribution in [0.5, 0.6) is 5.75 Å². The second-order valence-electron chi connectivity index (χ2n) is 4.70. The summed E-state index contributed by atoms with van der Waals surface area (Å²) in [5.41, 5.74) is 1.42. The summed E-state index contributed by atoms with van der Waals surface area (Å²) in [4.78, 5) is 1.16. The Balaban J connectivity index is 2.83. The molecule has 6 heteroatoms. The first-order valence-electron chi connectivity index (χ1n) is 6.38. The van der Waals surface area contributed by atoms with E-state index in [2.05, 4.69) is 0 Å². The molecule has 0 aliphatic rings. The van der Waals surface area contributed by atoms with Gasteiger partial charge in [0.2, 0.25) is 0 Å². The molecular weight excluding hydrogens is 271 g/mol. The average molecular weight is 291 g/mol. The Bertz CT molecular complexity index is 435. The number of nitrogens with zero attached hydrogens (tertiary/aromatic N) is 1. The van der Waals surface area contributed by atoms with Crippen LogP contribution in [0.2, 0.25) is 0 Å². The minimum Gasteiger partial charge on any atom is -0.496 e. The molecule has 0 saturated heterocycles. The second kappa shape index (κ2) is 6.95. The van der Waals surface area contributed by atoms with Crippen molar-refractivity contribution >= 4 is 0 Å². The van der Waals surface area contributed by atoms with Crippen LogP contribution in [0.15, 0.2) is 18.2 Å². The van der Waals surface area contributed by atoms with Crippen molar-refractivity contribution in [2.75, 3.05) is 26.7 Å². The largest absolute Gasteiger partial charge is 0.496 e. The van der Waals surface area contributed by atoms with Crippen LogP contribution in [0.25, 0.3) is 0 Å². The molecule has 1 N–H and O–H groups in total. The molecule has 0 aromatic heterocycles. The van der Waals surface area contributed by atoms with Crippen LogP contribution in [0.1, 0.15) is 24.2 Å². The van der Waals surface area contributed by atoms with Crippen LogP contribution >= 0.6 is 0 Å². The lowest BCUT2D eigenvalue weighted by Gasteiger charge is -2.25. The van der Waals surface area contributed by atoms with Gasteiger partial charge >= 0.3 is 6.18 Å². The Morgan fingerprint density at radius 1 is 1.35 bits per heavy atom. The van der Waals surface area contributed by atoms with Gasteiger partial charge in [0, 0.05) is 12.1 Å². The molecule has 1 aromatic carbocycles. The van der Waals surface area contributed by atoms with Crippen LogP contribution in [-0.4, -0.2) is 42.9 Å². The Kier molecular flexibility index (Phi) is 5.83. The Hall–Kier alpha value is -1.27. The molecule has 1 aromatic rings. The first kappa shape index (κ1) is 16.8. The van der Waals surface area contributed by atoms with E-state index < -0.39 is 18.8 Å². The van der Waals surface area contributed by atoms with Gasteiger partial charge in [0.1, 0.15) is 5.75 Å². The highest BCUT2D eigenvalue weighted by Crippen LogP contribution is 2.27. The van der Waals surface area contributed by atoms with Gasteiger partial charge in [-0.15, -0.1) is 0 Å². The first-order valence-corrected chi connectivity index (χ1v) is 6.38. The molecule has 0 aliphatic heterocycles. The highest BCUT2D eigenvalue weighted by atomic mass is 19.4. The van der Waals surface area contributed by atoms with Crippen molar-refractivity contribution < 1.29 is 23.0 Å². The van der Waals surface area contributed by atoms with Crippen molar-refractivity contribution in [3.8, 4) is 5.75 Å². The fourth-order valence-electron chi connectivity index (χ4n) is 2.02. The van der Waals surface area contributed by atoms with E-state index in [1.54, 1.807) is 19.1 Å². The fourth-order valence-corrected chi connectivity index (χ4v) is 2.02. The predicted octanol–water partition coefficient (Wildman–Crippen LogP) is 2.92. The molecule has 3 nitrogen and oxygen atoms in total. The topological polar surface area (TPSA) is 32.7 Å². The monoisotopic (exact) mass is 291 g/mol. The van der Waals surface area contributed by atoms with Crippen molar-refractivity contribution in [2.24, 2.45) is 0 Å². The molecule has 0 saturated carbocycles.